The maximum absolute atomic E-state index is 13.4. The summed E-state index contributed by atoms with van der Waals surface area (Å²) in [5, 5.41) is 5.86. The van der Waals surface area contributed by atoms with Crippen LogP contribution in [-0.4, -0.2) is 48.8 Å². The van der Waals surface area contributed by atoms with Crippen LogP contribution in [0.1, 0.15) is 38.4 Å². The first-order valence-corrected chi connectivity index (χ1v) is 10.7. The first-order chi connectivity index (χ1) is 15.3. The van der Waals surface area contributed by atoms with Gasteiger partial charge in [0, 0.05) is 43.6 Å². The number of ether oxygens (including phenoxy) is 1. The van der Waals surface area contributed by atoms with Crippen LogP contribution in [-0.2, 0) is 22.2 Å². The summed E-state index contributed by atoms with van der Waals surface area (Å²) in [5.74, 6) is -0.454. The molecule has 168 valence electrons. The van der Waals surface area contributed by atoms with Crippen molar-refractivity contribution in [2.45, 2.75) is 18.9 Å². The van der Waals surface area contributed by atoms with Crippen LogP contribution in [0.15, 0.2) is 42.5 Å². The van der Waals surface area contributed by atoms with Crippen molar-refractivity contribution in [3.63, 3.8) is 0 Å². The quantitative estimate of drug-likeness (QED) is 0.593. The molecule has 2 aromatic carbocycles. The van der Waals surface area contributed by atoms with Gasteiger partial charge in [-0.25, -0.2) is 5.06 Å². The molecule has 8 heteroatoms. The van der Waals surface area contributed by atoms with Gasteiger partial charge in [-0.2, -0.15) is 0 Å². The third-order valence-corrected chi connectivity index (χ3v) is 6.71. The lowest BCUT2D eigenvalue weighted by molar-refractivity contribution is -0.0757. The molecule has 1 aromatic heterocycles. The lowest BCUT2D eigenvalue weighted by Gasteiger charge is -2.30. The van der Waals surface area contributed by atoms with Crippen LogP contribution in [0, 0.1) is 6.92 Å². The van der Waals surface area contributed by atoms with Crippen molar-refractivity contribution in [1.82, 2.24) is 14.9 Å². The monoisotopic (exact) mass is 455 g/mol. The minimum Gasteiger partial charge on any atom is -0.379 e. The number of hydrogen-bond donors (Lipinski definition) is 1. The molecule has 4 rings (SSSR count). The molecule has 2 amide bonds. The molecular formula is C24H26ClN3O4. The van der Waals surface area contributed by atoms with Gasteiger partial charge in [0.05, 0.1) is 24.3 Å². The van der Waals surface area contributed by atoms with E-state index in [1.165, 1.54) is 7.11 Å². The number of rotatable bonds is 5. The van der Waals surface area contributed by atoms with E-state index in [9.17, 15) is 9.59 Å². The molecule has 3 aromatic rings. The Hall–Kier alpha value is -2.87. The molecule has 0 saturated carbocycles. The second-order valence-corrected chi connectivity index (χ2v) is 8.50. The molecule has 1 atom stereocenters. The molecular weight excluding hydrogens is 430 g/mol. The number of carbonyl (C=O) groups is 2. The van der Waals surface area contributed by atoms with E-state index in [2.05, 4.69) is 5.32 Å². The van der Waals surface area contributed by atoms with E-state index in [1.54, 1.807) is 19.2 Å². The molecule has 7 nitrogen and oxygen atoms in total. The zero-order valence-electron chi connectivity index (χ0n) is 18.6. The van der Waals surface area contributed by atoms with Gasteiger partial charge in [-0.05, 0) is 42.3 Å². The molecule has 0 spiro atoms. The molecule has 1 unspecified atom stereocenters. The van der Waals surface area contributed by atoms with Crippen molar-refractivity contribution in [2.24, 2.45) is 7.05 Å². The standard InChI is InChI=1S/C24H26ClN3O4/c1-15-5-10-19-18(21(15)25)13-20(27(19)2)22(29)26-24(11-12-32-14-24)17-8-6-16(7-9-17)23(30)28(3)31-4/h5-10,13H,11-12,14H2,1-4H3,(H,26,29). The largest absolute Gasteiger partial charge is 0.379 e. The van der Waals surface area contributed by atoms with Crippen LogP contribution in [0.3, 0.4) is 0 Å². The summed E-state index contributed by atoms with van der Waals surface area (Å²) < 4.78 is 7.52. The molecule has 1 aliphatic heterocycles. The molecule has 1 fully saturated rings. The number of nitrogens with zero attached hydrogens (tertiary/aromatic N) is 2. The van der Waals surface area contributed by atoms with E-state index in [-0.39, 0.29) is 11.8 Å². The number of amides is 2. The Morgan fingerprint density at radius 2 is 1.94 bits per heavy atom. The Bertz CT molecular complexity index is 1180. The van der Waals surface area contributed by atoms with Gasteiger partial charge in [0.2, 0.25) is 0 Å². The Balaban J connectivity index is 1.65. The fourth-order valence-corrected chi connectivity index (χ4v) is 4.36. The average molecular weight is 456 g/mol. The number of benzene rings is 2. The molecule has 1 saturated heterocycles. The highest BCUT2D eigenvalue weighted by Crippen LogP contribution is 2.33. The number of hydroxylamine groups is 2. The maximum Gasteiger partial charge on any atom is 0.277 e. The summed E-state index contributed by atoms with van der Waals surface area (Å²) in [5.41, 5.74) is 3.08. The van der Waals surface area contributed by atoms with Gasteiger partial charge >= 0.3 is 0 Å². The Morgan fingerprint density at radius 1 is 1.22 bits per heavy atom. The van der Waals surface area contributed by atoms with Gasteiger partial charge in [-0.3, -0.25) is 14.4 Å². The molecule has 2 heterocycles. The van der Waals surface area contributed by atoms with Crippen LogP contribution < -0.4 is 5.32 Å². The van der Waals surface area contributed by atoms with E-state index in [4.69, 9.17) is 21.2 Å². The molecule has 0 bridgehead atoms. The third kappa shape index (κ3) is 3.77. The summed E-state index contributed by atoms with van der Waals surface area (Å²) in [6.07, 6.45) is 0.633. The predicted octanol–water partition coefficient (Wildman–Crippen LogP) is 3.82. The lowest BCUT2D eigenvalue weighted by Crippen LogP contribution is -2.47. The van der Waals surface area contributed by atoms with Crippen molar-refractivity contribution in [3.8, 4) is 0 Å². The average Bonchev–Trinajstić information content (AvgIpc) is 3.41. The lowest BCUT2D eigenvalue weighted by atomic mass is 9.88. The highest BCUT2D eigenvalue weighted by Gasteiger charge is 2.39. The topological polar surface area (TPSA) is 72.8 Å². The number of carbonyl (C=O) groups excluding carboxylic acids is 2. The van der Waals surface area contributed by atoms with Gasteiger partial charge < -0.3 is 14.6 Å². The van der Waals surface area contributed by atoms with E-state index in [0.717, 1.165) is 27.1 Å². The van der Waals surface area contributed by atoms with Gasteiger partial charge in [-0.1, -0.05) is 29.8 Å². The van der Waals surface area contributed by atoms with Gasteiger partial charge in [0.15, 0.2) is 0 Å². The normalized spacial score (nSPS) is 18.2. The number of aromatic nitrogens is 1. The zero-order valence-corrected chi connectivity index (χ0v) is 19.3. The van der Waals surface area contributed by atoms with Crippen LogP contribution in [0.4, 0.5) is 0 Å². The summed E-state index contributed by atoms with van der Waals surface area (Å²) in [6, 6.07) is 12.9. The fraction of sp³-hybridized carbons (Fsp3) is 0.333. The number of fused-ring (bicyclic) bond motifs is 1. The smallest absolute Gasteiger partial charge is 0.277 e. The first kappa shape index (κ1) is 22.3. The van der Waals surface area contributed by atoms with Crippen LogP contribution in [0.5, 0.6) is 0 Å². The Morgan fingerprint density at radius 3 is 2.56 bits per heavy atom. The first-order valence-electron chi connectivity index (χ1n) is 10.3. The molecule has 0 aliphatic carbocycles. The zero-order chi connectivity index (χ0) is 23.0. The van der Waals surface area contributed by atoms with Crippen molar-refractivity contribution < 1.29 is 19.2 Å². The second kappa shape index (κ2) is 8.58. The number of halogens is 1. The minimum absolute atomic E-state index is 0.206. The number of aryl methyl sites for hydroxylation is 2. The second-order valence-electron chi connectivity index (χ2n) is 8.12. The number of hydrogen-bond acceptors (Lipinski definition) is 4. The highest BCUT2D eigenvalue weighted by molar-refractivity contribution is 6.36. The van der Waals surface area contributed by atoms with Crippen molar-refractivity contribution in [3.05, 3.63) is 69.9 Å². The van der Waals surface area contributed by atoms with Crippen molar-refractivity contribution in [2.75, 3.05) is 27.4 Å². The summed E-state index contributed by atoms with van der Waals surface area (Å²) >= 11 is 6.48. The Kier molecular flexibility index (Phi) is 5.99. The maximum atomic E-state index is 13.4. The van der Waals surface area contributed by atoms with Gasteiger partial charge in [0.25, 0.3) is 11.8 Å². The SMILES string of the molecule is CON(C)C(=O)c1ccc(C2(NC(=O)c3cc4c(Cl)c(C)ccc4n3C)CCOC2)cc1. The van der Waals surface area contributed by atoms with Gasteiger partial charge in [-0.15, -0.1) is 0 Å². The van der Waals surface area contributed by atoms with Crippen LogP contribution >= 0.6 is 11.6 Å². The number of nitrogens with one attached hydrogen (secondary N) is 1. The molecule has 1 aliphatic rings. The predicted molar refractivity (Wildman–Crippen MR) is 123 cm³/mol. The van der Waals surface area contributed by atoms with Crippen molar-refractivity contribution >= 4 is 34.3 Å². The van der Waals surface area contributed by atoms with E-state index in [1.807, 2.05) is 48.9 Å². The summed E-state index contributed by atoms with van der Waals surface area (Å²) in [7, 11) is 4.85. The highest BCUT2D eigenvalue weighted by atomic mass is 35.5. The van der Waals surface area contributed by atoms with Crippen LogP contribution in [0.2, 0.25) is 5.02 Å². The molecule has 1 N–H and O–H groups in total. The summed E-state index contributed by atoms with van der Waals surface area (Å²) in [4.78, 5) is 30.6. The van der Waals surface area contributed by atoms with Crippen LogP contribution in [0.25, 0.3) is 10.9 Å². The van der Waals surface area contributed by atoms with E-state index < -0.39 is 5.54 Å². The van der Waals surface area contributed by atoms with Crippen molar-refractivity contribution in [1.29, 1.82) is 0 Å². The molecule has 0 radical (unpaired) electrons. The molecule has 32 heavy (non-hydrogen) atoms. The van der Waals surface area contributed by atoms with E-state index >= 15 is 0 Å². The minimum atomic E-state index is -0.679. The summed E-state index contributed by atoms with van der Waals surface area (Å²) in [6.45, 7) is 2.83. The van der Waals surface area contributed by atoms with E-state index in [0.29, 0.717) is 35.9 Å². The fourth-order valence-electron chi connectivity index (χ4n) is 4.14. The Labute approximate surface area is 191 Å². The van der Waals surface area contributed by atoms with Gasteiger partial charge in [0.1, 0.15) is 5.69 Å². The third-order valence-electron chi connectivity index (χ3n) is 6.20.